The standard InChI is InChI=1S/C11H20N4O4/c1-3-5-11(6-4-2,7(16)14-9(12)18)8(17)15-10(13)19/h3-6H2,1-2H3,(H3,12,14,16,18)(H3,13,15,17,19). The van der Waals surface area contributed by atoms with E-state index >= 15 is 0 Å². The van der Waals surface area contributed by atoms with Gasteiger partial charge in [-0.25, -0.2) is 9.59 Å². The third kappa shape index (κ3) is 4.57. The summed E-state index contributed by atoms with van der Waals surface area (Å²) < 4.78 is 0. The second-order valence-electron chi connectivity index (χ2n) is 4.22. The van der Waals surface area contributed by atoms with Gasteiger partial charge in [-0.05, 0) is 12.8 Å². The molecule has 19 heavy (non-hydrogen) atoms. The zero-order valence-corrected chi connectivity index (χ0v) is 11.1. The first kappa shape index (κ1) is 16.9. The number of primary amides is 2. The molecule has 0 aliphatic heterocycles. The second-order valence-corrected chi connectivity index (χ2v) is 4.22. The van der Waals surface area contributed by atoms with Gasteiger partial charge in [0, 0.05) is 0 Å². The normalized spacial score (nSPS) is 10.6. The van der Waals surface area contributed by atoms with Crippen LogP contribution in [0.3, 0.4) is 0 Å². The maximum Gasteiger partial charge on any atom is 0.318 e. The van der Waals surface area contributed by atoms with E-state index in [0.29, 0.717) is 12.8 Å². The van der Waals surface area contributed by atoms with Gasteiger partial charge in [-0.1, -0.05) is 26.7 Å². The van der Waals surface area contributed by atoms with Crippen LogP contribution in [0, 0.1) is 5.41 Å². The highest BCUT2D eigenvalue weighted by Crippen LogP contribution is 2.30. The van der Waals surface area contributed by atoms with Gasteiger partial charge in [0.1, 0.15) is 5.41 Å². The molecule has 0 unspecified atom stereocenters. The Kier molecular flexibility index (Phi) is 6.53. The van der Waals surface area contributed by atoms with Crippen molar-refractivity contribution in [2.45, 2.75) is 39.5 Å². The number of urea groups is 2. The topological polar surface area (TPSA) is 144 Å². The van der Waals surface area contributed by atoms with E-state index in [0.717, 1.165) is 0 Å². The minimum atomic E-state index is -1.52. The minimum Gasteiger partial charge on any atom is -0.351 e. The van der Waals surface area contributed by atoms with Gasteiger partial charge < -0.3 is 11.5 Å². The van der Waals surface area contributed by atoms with Crippen molar-refractivity contribution in [3.8, 4) is 0 Å². The summed E-state index contributed by atoms with van der Waals surface area (Å²) in [7, 11) is 0. The number of nitrogens with one attached hydrogen (secondary N) is 2. The lowest BCUT2D eigenvalue weighted by Crippen LogP contribution is -2.55. The molecule has 8 nitrogen and oxygen atoms in total. The van der Waals surface area contributed by atoms with E-state index in [9.17, 15) is 19.2 Å². The number of carbonyl (C=O) groups excluding carboxylic acids is 4. The lowest BCUT2D eigenvalue weighted by Gasteiger charge is -2.29. The van der Waals surface area contributed by atoms with E-state index in [1.54, 1.807) is 13.8 Å². The molecule has 0 atom stereocenters. The highest BCUT2D eigenvalue weighted by atomic mass is 16.2. The molecule has 0 heterocycles. The Hall–Kier alpha value is -2.12. The lowest BCUT2D eigenvalue weighted by molar-refractivity contribution is -0.143. The average molecular weight is 272 g/mol. The molecule has 0 saturated heterocycles. The lowest BCUT2D eigenvalue weighted by atomic mass is 9.77. The average Bonchev–Trinajstić information content (AvgIpc) is 2.26. The SMILES string of the molecule is CCCC(CCC)(C(=O)NC(N)=O)C(=O)NC(N)=O. The van der Waals surface area contributed by atoms with Gasteiger partial charge in [-0.3, -0.25) is 20.2 Å². The van der Waals surface area contributed by atoms with Crippen molar-refractivity contribution in [2.75, 3.05) is 0 Å². The minimum absolute atomic E-state index is 0.180. The maximum atomic E-state index is 12.1. The van der Waals surface area contributed by atoms with Crippen LogP contribution in [0.4, 0.5) is 9.59 Å². The molecule has 0 bridgehead atoms. The van der Waals surface area contributed by atoms with Gasteiger partial charge in [0.15, 0.2) is 0 Å². The summed E-state index contributed by atoms with van der Waals surface area (Å²) in [4.78, 5) is 45.7. The van der Waals surface area contributed by atoms with Gasteiger partial charge in [0.2, 0.25) is 11.8 Å². The van der Waals surface area contributed by atoms with Crippen LogP contribution < -0.4 is 22.1 Å². The zero-order valence-electron chi connectivity index (χ0n) is 11.1. The maximum absolute atomic E-state index is 12.1. The van der Waals surface area contributed by atoms with Crippen LogP contribution in [-0.4, -0.2) is 23.9 Å². The molecule has 0 spiro atoms. The monoisotopic (exact) mass is 272 g/mol. The fourth-order valence-corrected chi connectivity index (χ4v) is 2.00. The summed E-state index contributed by atoms with van der Waals surface area (Å²) in [6, 6.07) is -2.10. The fraction of sp³-hybridized carbons (Fsp3) is 0.636. The molecule has 0 rings (SSSR count). The summed E-state index contributed by atoms with van der Waals surface area (Å²) >= 11 is 0. The Labute approximate surface area is 111 Å². The molecule has 0 radical (unpaired) electrons. The Balaban J connectivity index is 5.38. The number of carbonyl (C=O) groups is 4. The van der Waals surface area contributed by atoms with Gasteiger partial charge in [0.25, 0.3) is 0 Å². The number of amides is 6. The van der Waals surface area contributed by atoms with Crippen molar-refractivity contribution < 1.29 is 19.2 Å². The van der Waals surface area contributed by atoms with Crippen LogP contribution in [-0.2, 0) is 9.59 Å². The number of hydrogen-bond donors (Lipinski definition) is 4. The highest BCUT2D eigenvalue weighted by Gasteiger charge is 2.45. The molecule has 0 aliphatic rings. The zero-order chi connectivity index (χ0) is 15.1. The van der Waals surface area contributed by atoms with E-state index < -0.39 is 29.3 Å². The molecule has 6 N–H and O–H groups in total. The first-order valence-electron chi connectivity index (χ1n) is 6.02. The Morgan fingerprint density at radius 2 is 1.16 bits per heavy atom. The van der Waals surface area contributed by atoms with E-state index in [2.05, 4.69) is 0 Å². The summed E-state index contributed by atoms with van der Waals surface area (Å²) in [5.41, 5.74) is 8.26. The van der Waals surface area contributed by atoms with Crippen LogP contribution in [0.5, 0.6) is 0 Å². The molecule has 0 aromatic heterocycles. The van der Waals surface area contributed by atoms with Gasteiger partial charge in [-0.2, -0.15) is 0 Å². The van der Waals surface area contributed by atoms with Gasteiger partial charge >= 0.3 is 12.1 Å². The predicted molar refractivity (Wildman–Crippen MR) is 67.7 cm³/mol. The molecule has 8 heteroatoms. The predicted octanol–water partition coefficient (Wildman–Crippen LogP) is -0.0372. The van der Waals surface area contributed by atoms with E-state index in [-0.39, 0.29) is 12.8 Å². The first-order valence-corrected chi connectivity index (χ1v) is 6.02. The van der Waals surface area contributed by atoms with Crippen LogP contribution in [0.25, 0.3) is 0 Å². The molecular formula is C11H20N4O4. The quantitative estimate of drug-likeness (QED) is 0.503. The van der Waals surface area contributed by atoms with Crippen molar-refractivity contribution >= 4 is 23.9 Å². The Morgan fingerprint density at radius 1 is 0.842 bits per heavy atom. The largest absolute Gasteiger partial charge is 0.351 e. The first-order chi connectivity index (χ1) is 8.80. The van der Waals surface area contributed by atoms with Crippen LogP contribution in [0.15, 0.2) is 0 Å². The third-order valence-electron chi connectivity index (χ3n) is 2.70. The second kappa shape index (κ2) is 7.34. The third-order valence-corrected chi connectivity index (χ3v) is 2.70. The summed E-state index contributed by atoms with van der Waals surface area (Å²) in [6.07, 6.45) is 1.38. The van der Waals surface area contributed by atoms with Crippen molar-refractivity contribution in [3.63, 3.8) is 0 Å². The van der Waals surface area contributed by atoms with E-state index in [1.807, 2.05) is 10.6 Å². The van der Waals surface area contributed by atoms with Crippen LogP contribution in [0.2, 0.25) is 0 Å². The molecular weight excluding hydrogens is 252 g/mol. The van der Waals surface area contributed by atoms with Crippen molar-refractivity contribution in [1.82, 2.24) is 10.6 Å². The Bertz CT molecular complexity index is 345. The summed E-state index contributed by atoms with van der Waals surface area (Å²) in [6.45, 7) is 3.55. The molecule has 0 saturated carbocycles. The Morgan fingerprint density at radius 3 is 1.37 bits per heavy atom. The van der Waals surface area contributed by atoms with E-state index in [4.69, 9.17) is 11.5 Å². The molecule has 6 amide bonds. The number of rotatable bonds is 6. The number of imide groups is 2. The van der Waals surface area contributed by atoms with Crippen molar-refractivity contribution in [3.05, 3.63) is 0 Å². The van der Waals surface area contributed by atoms with Crippen LogP contribution in [0.1, 0.15) is 39.5 Å². The summed E-state index contributed by atoms with van der Waals surface area (Å²) in [5, 5.41) is 3.79. The molecule has 0 aliphatic carbocycles. The number of nitrogens with two attached hydrogens (primary N) is 2. The molecule has 108 valence electrons. The smallest absolute Gasteiger partial charge is 0.318 e. The molecule has 0 aromatic rings. The van der Waals surface area contributed by atoms with Crippen LogP contribution >= 0.6 is 0 Å². The van der Waals surface area contributed by atoms with Crippen molar-refractivity contribution in [2.24, 2.45) is 16.9 Å². The van der Waals surface area contributed by atoms with Crippen molar-refractivity contribution in [1.29, 1.82) is 0 Å². The molecule has 0 fully saturated rings. The van der Waals surface area contributed by atoms with Gasteiger partial charge in [0.05, 0.1) is 0 Å². The molecule has 0 aromatic carbocycles. The van der Waals surface area contributed by atoms with Gasteiger partial charge in [-0.15, -0.1) is 0 Å². The van der Waals surface area contributed by atoms with E-state index in [1.165, 1.54) is 0 Å². The number of hydrogen-bond acceptors (Lipinski definition) is 4. The fourth-order valence-electron chi connectivity index (χ4n) is 2.00. The summed E-state index contributed by atoms with van der Waals surface area (Å²) in [5.74, 6) is -1.63. The highest BCUT2D eigenvalue weighted by molar-refractivity contribution is 6.12.